The molecule has 3 aliphatic rings. The lowest BCUT2D eigenvalue weighted by molar-refractivity contribution is -0.116. The molecule has 2 aliphatic carbocycles. The fourth-order valence-electron chi connectivity index (χ4n) is 5.74. The van der Waals surface area contributed by atoms with E-state index in [4.69, 9.17) is 11.6 Å². The van der Waals surface area contributed by atoms with Crippen molar-refractivity contribution in [2.24, 2.45) is 0 Å². The minimum absolute atomic E-state index is 0.168. The van der Waals surface area contributed by atoms with Crippen LogP contribution in [0.5, 0.6) is 0 Å². The Morgan fingerprint density at radius 1 is 0.848 bits per heavy atom. The molecule has 0 unspecified atom stereocenters. The molecular weight excluding hydrogens is 432 g/mol. The summed E-state index contributed by atoms with van der Waals surface area (Å²) in [4.78, 5) is 26.4. The molecule has 0 amide bonds. The van der Waals surface area contributed by atoms with Gasteiger partial charge < -0.3 is 9.88 Å². The molecular formula is C28H25ClN2O2. The van der Waals surface area contributed by atoms with Gasteiger partial charge in [-0.1, -0.05) is 48.0 Å². The molecule has 1 aliphatic heterocycles. The van der Waals surface area contributed by atoms with Crippen molar-refractivity contribution >= 4 is 34.1 Å². The quantitative estimate of drug-likeness (QED) is 0.522. The van der Waals surface area contributed by atoms with Crippen molar-refractivity contribution < 1.29 is 9.59 Å². The zero-order valence-electron chi connectivity index (χ0n) is 18.4. The van der Waals surface area contributed by atoms with Gasteiger partial charge in [0.15, 0.2) is 11.6 Å². The third-order valence-corrected chi connectivity index (χ3v) is 7.59. The van der Waals surface area contributed by atoms with E-state index >= 15 is 0 Å². The van der Waals surface area contributed by atoms with E-state index in [1.165, 1.54) is 0 Å². The van der Waals surface area contributed by atoms with E-state index in [2.05, 4.69) is 28.2 Å². The van der Waals surface area contributed by atoms with Crippen LogP contribution in [-0.4, -0.2) is 16.1 Å². The lowest BCUT2D eigenvalue weighted by atomic mass is 9.71. The third-order valence-electron chi connectivity index (χ3n) is 7.22. The monoisotopic (exact) mass is 456 g/mol. The van der Waals surface area contributed by atoms with Gasteiger partial charge in [0.05, 0.1) is 0 Å². The normalized spacial score (nSPS) is 19.1. The Morgan fingerprint density at radius 3 is 2.18 bits per heavy atom. The fourth-order valence-corrected chi connectivity index (χ4v) is 5.94. The van der Waals surface area contributed by atoms with Crippen LogP contribution in [0.25, 0.3) is 10.9 Å². The number of rotatable bonds is 3. The summed E-state index contributed by atoms with van der Waals surface area (Å²) >= 11 is 6.48. The zero-order chi connectivity index (χ0) is 22.5. The number of carbonyl (C=O) groups is 2. The maximum atomic E-state index is 13.2. The summed E-state index contributed by atoms with van der Waals surface area (Å²) in [6.45, 7) is 0.630. The standard InChI is InChI=1S/C28H25ClN2O2/c29-20-9-3-1-7-17(20)15-31-16-19(18-8-2-4-12-23(18)31)26-27-21(10-5-13-24(27)32)30-22-11-6-14-25(33)28(22)26/h1-4,7-9,12,16,26,30H,5-6,10-11,13-15H2. The second-order valence-corrected chi connectivity index (χ2v) is 9.62. The Labute approximate surface area is 197 Å². The Bertz CT molecular complexity index is 1340. The molecule has 4 nitrogen and oxygen atoms in total. The number of nitrogens with one attached hydrogen (secondary N) is 1. The number of Topliss-reactive ketones (excluding diaryl/α,β-unsaturated/α-hetero) is 2. The molecule has 0 atom stereocenters. The first kappa shape index (κ1) is 20.5. The highest BCUT2D eigenvalue weighted by atomic mass is 35.5. The number of para-hydroxylation sites is 1. The topological polar surface area (TPSA) is 51.1 Å². The number of benzene rings is 2. The molecule has 6 rings (SSSR count). The van der Waals surface area contributed by atoms with Gasteiger partial charge in [0.1, 0.15) is 0 Å². The lowest BCUT2D eigenvalue weighted by Gasteiger charge is -2.37. The van der Waals surface area contributed by atoms with Gasteiger partial charge in [0, 0.05) is 70.0 Å². The van der Waals surface area contributed by atoms with Gasteiger partial charge in [-0.15, -0.1) is 0 Å². The largest absolute Gasteiger partial charge is 0.362 e. The number of hydrogen-bond acceptors (Lipinski definition) is 3. The smallest absolute Gasteiger partial charge is 0.161 e. The van der Waals surface area contributed by atoms with Crippen LogP contribution in [-0.2, 0) is 16.1 Å². The molecule has 1 aromatic heterocycles. The zero-order valence-corrected chi connectivity index (χ0v) is 19.1. The molecule has 166 valence electrons. The summed E-state index contributed by atoms with van der Waals surface area (Å²) < 4.78 is 2.20. The highest BCUT2D eigenvalue weighted by Gasteiger charge is 2.41. The Morgan fingerprint density at radius 2 is 1.48 bits per heavy atom. The summed E-state index contributed by atoms with van der Waals surface area (Å²) in [7, 11) is 0. The van der Waals surface area contributed by atoms with E-state index in [9.17, 15) is 9.59 Å². The predicted octanol–water partition coefficient (Wildman–Crippen LogP) is 6.04. The van der Waals surface area contributed by atoms with E-state index in [0.717, 1.165) is 75.3 Å². The van der Waals surface area contributed by atoms with Gasteiger partial charge >= 0.3 is 0 Å². The number of ketones is 2. The molecule has 5 heteroatoms. The molecule has 3 aromatic rings. The fraction of sp³-hybridized carbons (Fsp3) is 0.286. The summed E-state index contributed by atoms with van der Waals surface area (Å²) in [5.74, 6) is 0.0393. The summed E-state index contributed by atoms with van der Waals surface area (Å²) in [6.07, 6.45) is 6.69. The van der Waals surface area contributed by atoms with Crippen LogP contribution < -0.4 is 5.32 Å². The molecule has 0 radical (unpaired) electrons. The average Bonchev–Trinajstić information content (AvgIpc) is 3.18. The first-order valence-corrected chi connectivity index (χ1v) is 12.1. The number of halogens is 1. The second kappa shape index (κ2) is 8.03. The number of carbonyl (C=O) groups excluding carboxylic acids is 2. The van der Waals surface area contributed by atoms with Gasteiger partial charge in [0.25, 0.3) is 0 Å². The van der Waals surface area contributed by atoms with Gasteiger partial charge in [-0.2, -0.15) is 0 Å². The van der Waals surface area contributed by atoms with E-state index in [1.807, 2.05) is 36.4 Å². The maximum absolute atomic E-state index is 13.2. The number of aromatic nitrogens is 1. The molecule has 0 spiro atoms. The summed E-state index contributed by atoms with van der Waals surface area (Å²) in [5.41, 5.74) is 6.82. The molecule has 2 heterocycles. The van der Waals surface area contributed by atoms with Gasteiger partial charge in [-0.05, 0) is 48.9 Å². The van der Waals surface area contributed by atoms with Crippen LogP contribution in [0, 0.1) is 0 Å². The summed E-state index contributed by atoms with van der Waals surface area (Å²) in [5, 5.41) is 5.34. The van der Waals surface area contributed by atoms with Crippen molar-refractivity contribution in [3.8, 4) is 0 Å². The molecule has 1 N–H and O–H groups in total. The molecule has 2 aromatic carbocycles. The van der Waals surface area contributed by atoms with Gasteiger partial charge in [0.2, 0.25) is 0 Å². The van der Waals surface area contributed by atoms with E-state index in [1.54, 1.807) is 0 Å². The number of nitrogens with zero attached hydrogens (tertiary/aromatic N) is 1. The number of fused-ring (bicyclic) bond motifs is 1. The highest BCUT2D eigenvalue weighted by Crippen LogP contribution is 2.47. The Hall–Kier alpha value is -3.11. The molecule has 0 fully saturated rings. The number of hydrogen-bond donors (Lipinski definition) is 1. The Balaban J connectivity index is 1.57. The molecule has 0 saturated carbocycles. The lowest BCUT2D eigenvalue weighted by Crippen LogP contribution is -2.36. The van der Waals surface area contributed by atoms with E-state index in [-0.39, 0.29) is 17.5 Å². The predicted molar refractivity (Wildman–Crippen MR) is 130 cm³/mol. The van der Waals surface area contributed by atoms with Crippen molar-refractivity contribution in [3.63, 3.8) is 0 Å². The third kappa shape index (κ3) is 3.36. The van der Waals surface area contributed by atoms with Crippen LogP contribution >= 0.6 is 11.6 Å². The van der Waals surface area contributed by atoms with Crippen LogP contribution in [0.15, 0.2) is 77.3 Å². The number of allylic oxidation sites excluding steroid dienone is 4. The molecule has 33 heavy (non-hydrogen) atoms. The first-order valence-electron chi connectivity index (χ1n) is 11.7. The van der Waals surface area contributed by atoms with Crippen molar-refractivity contribution in [1.82, 2.24) is 9.88 Å². The van der Waals surface area contributed by atoms with Crippen LogP contribution in [0.2, 0.25) is 5.02 Å². The van der Waals surface area contributed by atoms with Gasteiger partial charge in [-0.25, -0.2) is 0 Å². The van der Waals surface area contributed by atoms with Crippen molar-refractivity contribution in [2.45, 2.75) is 51.0 Å². The van der Waals surface area contributed by atoms with Crippen molar-refractivity contribution in [3.05, 3.63) is 93.4 Å². The molecule has 0 saturated heterocycles. The maximum Gasteiger partial charge on any atom is 0.161 e. The van der Waals surface area contributed by atoms with Crippen molar-refractivity contribution in [1.29, 1.82) is 0 Å². The van der Waals surface area contributed by atoms with E-state index < -0.39 is 0 Å². The minimum atomic E-state index is -0.297. The van der Waals surface area contributed by atoms with Crippen LogP contribution in [0.3, 0.4) is 0 Å². The highest BCUT2D eigenvalue weighted by molar-refractivity contribution is 6.31. The average molecular weight is 457 g/mol. The first-order chi connectivity index (χ1) is 16.1. The van der Waals surface area contributed by atoms with Gasteiger partial charge in [-0.3, -0.25) is 9.59 Å². The minimum Gasteiger partial charge on any atom is -0.362 e. The second-order valence-electron chi connectivity index (χ2n) is 9.22. The van der Waals surface area contributed by atoms with Crippen LogP contribution in [0.4, 0.5) is 0 Å². The van der Waals surface area contributed by atoms with Crippen LogP contribution in [0.1, 0.15) is 55.6 Å². The molecule has 0 bridgehead atoms. The Kier molecular flexibility index (Phi) is 4.99. The summed E-state index contributed by atoms with van der Waals surface area (Å²) in [6, 6.07) is 16.2. The number of dihydropyridines is 1. The SMILES string of the molecule is O=C1CCCC2=C1C(c1cn(Cc3ccccc3Cl)c3ccccc13)C1=C(CCCC1=O)N2. The van der Waals surface area contributed by atoms with E-state index in [0.29, 0.717) is 19.4 Å². The van der Waals surface area contributed by atoms with Crippen molar-refractivity contribution in [2.75, 3.05) is 0 Å².